The molecule has 0 unspecified atom stereocenters. The largest absolute Gasteiger partial charge is 0.462 e. The average Bonchev–Trinajstić information content (AvgIpc) is 3.34. The number of carbonyl (C=O) groups excluding carboxylic acids is 2. The van der Waals surface area contributed by atoms with E-state index < -0.39 is 11.9 Å². The van der Waals surface area contributed by atoms with Crippen LogP contribution in [0.3, 0.4) is 0 Å². The van der Waals surface area contributed by atoms with Crippen LogP contribution in [0.25, 0.3) is 0 Å². The predicted molar refractivity (Wildman–Crippen MR) is 139 cm³/mol. The maximum absolute atomic E-state index is 12.5. The van der Waals surface area contributed by atoms with Gasteiger partial charge >= 0.3 is 11.9 Å². The lowest BCUT2D eigenvalue weighted by Gasteiger charge is -2.10. The summed E-state index contributed by atoms with van der Waals surface area (Å²) in [6, 6.07) is 5.27. The third-order valence-electron chi connectivity index (χ3n) is 4.55. The minimum absolute atomic E-state index is 0.196. The molecule has 12 heteroatoms. The Bertz CT molecular complexity index is 1230. The van der Waals surface area contributed by atoms with Crippen LogP contribution in [-0.2, 0) is 16.0 Å². The maximum Gasteiger partial charge on any atom is 0.348 e. The van der Waals surface area contributed by atoms with Crippen molar-refractivity contribution < 1.29 is 19.1 Å². The number of nitrogens with zero attached hydrogens (tertiary/aromatic N) is 2. The zero-order valence-electron chi connectivity index (χ0n) is 18.6. The highest BCUT2D eigenvalue weighted by molar-refractivity contribution is 7.80. The summed E-state index contributed by atoms with van der Waals surface area (Å²) in [6.07, 6.45) is 3.36. The normalized spacial score (nSPS) is 10.6. The van der Waals surface area contributed by atoms with Crippen molar-refractivity contribution in [3.8, 4) is 0 Å². The van der Waals surface area contributed by atoms with Gasteiger partial charge in [-0.3, -0.25) is 4.68 Å². The molecule has 0 saturated heterocycles. The number of thiocarbonyl (C=S) groups is 1. The number of esters is 2. The summed E-state index contributed by atoms with van der Waals surface area (Å²) in [5, 5.41) is 12.0. The smallest absolute Gasteiger partial charge is 0.348 e. The Balaban J connectivity index is 1.75. The molecule has 0 radical (unpaired) electrons. The number of benzene rings is 1. The molecular formula is C22H22Cl2N4O4S2. The molecule has 180 valence electrons. The first-order valence-electron chi connectivity index (χ1n) is 10.2. The van der Waals surface area contributed by atoms with Crippen LogP contribution in [0.1, 0.15) is 45.0 Å². The van der Waals surface area contributed by atoms with E-state index in [0.29, 0.717) is 37.7 Å². The van der Waals surface area contributed by atoms with Crippen LogP contribution in [-0.4, -0.2) is 40.0 Å². The number of thiophene rings is 1. The molecule has 0 spiro atoms. The molecule has 0 aliphatic heterocycles. The Morgan fingerprint density at radius 1 is 1.15 bits per heavy atom. The van der Waals surface area contributed by atoms with E-state index in [2.05, 4.69) is 15.7 Å². The Kier molecular flexibility index (Phi) is 8.90. The van der Waals surface area contributed by atoms with Crippen molar-refractivity contribution in [1.82, 2.24) is 9.78 Å². The summed E-state index contributed by atoms with van der Waals surface area (Å²) >= 11 is 18.7. The fraction of sp³-hybridized carbons (Fsp3) is 0.273. The van der Waals surface area contributed by atoms with Gasteiger partial charge in [-0.2, -0.15) is 5.10 Å². The van der Waals surface area contributed by atoms with Gasteiger partial charge in [-0.1, -0.05) is 29.3 Å². The molecule has 1 aromatic carbocycles. The summed E-state index contributed by atoms with van der Waals surface area (Å²) < 4.78 is 12.0. The van der Waals surface area contributed by atoms with Crippen LogP contribution >= 0.6 is 46.8 Å². The summed E-state index contributed by atoms with van der Waals surface area (Å²) in [5.41, 5.74) is 2.20. The minimum atomic E-state index is -0.551. The lowest BCUT2D eigenvalue weighted by atomic mass is 10.1. The number of hydrogen-bond acceptors (Lipinski definition) is 7. The van der Waals surface area contributed by atoms with Gasteiger partial charge in [0.2, 0.25) is 0 Å². The lowest BCUT2D eigenvalue weighted by molar-refractivity contribution is 0.0527. The van der Waals surface area contributed by atoms with E-state index in [1.807, 2.05) is 6.07 Å². The van der Waals surface area contributed by atoms with Crippen LogP contribution in [0.2, 0.25) is 10.0 Å². The van der Waals surface area contributed by atoms with Crippen molar-refractivity contribution in [2.24, 2.45) is 0 Å². The van der Waals surface area contributed by atoms with Crippen LogP contribution < -0.4 is 10.6 Å². The first-order chi connectivity index (χ1) is 16.2. The van der Waals surface area contributed by atoms with E-state index in [1.54, 1.807) is 50.0 Å². The van der Waals surface area contributed by atoms with E-state index in [0.717, 1.165) is 16.9 Å². The molecule has 0 aliphatic rings. The summed E-state index contributed by atoms with van der Waals surface area (Å²) in [6.45, 7) is 5.95. The van der Waals surface area contributed by atoms with Crippen LogP contribution in [0, 0.1) is 6.92 Å². The Morgan fingerprint density at radius 3 is 2.53 bits per heavy atom. The van der Waals surface area contributed by atoms with Gasteiger partial charge in [-0.25, -0.2) is 9.59 Å². The summed E-state index contributed by atoms with van der Waals surface area (Å²) in [7, 11) is 0. The zero-order valence-corrected chi connectivity index (χ0v) is 21.8. The van der Waals surface area contributed by atoms with E-state index in [-0.39, 0.29) is 23.9 Å². The third kappa shape index (κ3) is 6.26. The molecule has 0 fully saturated rings. The van der Waals surface area contributed by atoms with E-state index in [4.69, 9.17) is 44.9 Å². The standard InChI is InChI=1S/C22H22Cl2N4O4S2/c1-4-31-20(29)17-12(3)18(21(30)32-5-2)34-19(17)27-22(33)26-15-9-25-28(11-15)10-13-6-7-14(23)8-16(13)24/h6-9,11H,4-5,10H2,1-3H3,(H2,26,27,33). The number of halogens is 2. The number of rotatable bonds is 8. The molecule has 2 N–H and O–H groups in total. The van der Waals surface area contributed by atoms with Crippen molar-refractivity contribution in [3.63, 3.8) is 0 Å². The number of anilines is 2. The summed E-state index contributed by atoms with van der Waals surface area (Å²) in [4.78, 5) is 25.2. The van der Waals surface area contributed by atoms with Crippen LogP contribution in [0.15, 0.2) is 30.6 Å². The molecule has 0 atom stereocenters. The fourth-order valence-electron chi connectivity index (χ4n) is 3.05. The number of carbonyl (C=O) groups is 2. The molecule has 8 nitrogen and oxygen atoms in total. The van der Waals surface area contributed by atoms with Gasteiger partial charge in [0.25, 0.3) is 0 Å². The molecule has 3 aromatic rings. The maximum atomic E-state index is 12.5. The van der Waals surface area contributed by atoms with Crippen molar-refractivity contribution in [2.75, 3.05) is 23.8 Å². The van der Waals surface area contributed by atoms with Gasteiger partial charge in [0, 0.05) is 16.2 Å². The van der Waals surface area contributed by atoms with Crippen molar-refractivity contribution in [1.29, 1.82) is 0 Å². The first-order valence-corrected chi connectivity index (χ1v) is 12.2. The van der Waals surface area contributed by atoms with E-state index in [1.165, 1.54) is 0 Å². The lowest BCUT2D eigenvalue weighted by Crippen LogP contribution is -2.20. The van der Waals surface area contributed by atoms with Gasteiger partial charge in [0.1, 0.15) is 9.88 Å². The van der Waals surface area contributed by atoms with Crippen molar-refractivity contribution in [2.45, 2.75) is 27.3 Å². The Hall–Kier alpha value is -2.66. The SMILES string of the molecule is CCOC(=O)c1sc(NC(=S)Nc2cnn(Cc3ccc(Cl)cc3Cl)c2)c(C(=O)OCC)c1C. The molecule has 3 rings (SSSR count). The second-order valence-corrected chi connectivity index (χ2v) is 9.22. The second-order valence-electron chi connectivity index (χ2n) is 6.94. The molecule has 0 saturated carbocycles. The number of nitrogens with one attached hydrogen (secondary N) is 2. The van der Waals surface area contributed by atoms with Crippen molar-refractivity contribution >= 4 is 74.5 Å². The predicted octanol–water partition coefficient (Wildman–Crippen LogP) is 5.77. The first kappa shape index (κ1) is 26.0. The highest BCUT2D eigenvalue weighted by atomic mass is 35.5. The van der Waals surface area contributed by atoms with Gasteiger partial charge in [0.05, 0.1) is 37.2 Å². The quantitative estimate of drug-likeness (QED) is 0.274. The molecular weight excluding hydrogens is 519 g/mol. The molecule has 2 heterocycles. The molecule has 0 amide bonds. The van der Waals surface area contributed by atoms with Crippen molar-refractivity contribution in [3.05, 3.63) is 62.2 Å². The highest BCUT2D eigenvalue weighted by Gasteiger charge is 2.27. The van der Waals surface area contributed by atoms with E-state index >= 15 is 0 Å². The van der Waals surface area contributed by atoms with Crippen LogP contribution in [0.5, 0.6) is 0 Å². The van der Waals surface area contributed by atoms with Gasteiger partial charge in [-0.05, 0) is 56.2 Å². The fourth-order valence-corrected chi connectivity index (χ4v) is 4.89. The zero-order chi connectivity index (χ0) is 24.8. The van der Waals surface area contributed by atoms with E-state index in [9.17, 15) is 9.59 Å². The number of hydrogen-bond donors (Lipinski definition) is 2. The van der Waals surface area contributed by atoms with Gasteiger partial charge in [-0.15, -0.1) is 11.3 Å². The Labute approximate surface area is 216 Å². The molecule has 34 heavy (non-hydrogen) atoms. The minimum Gasteiger partial charge on any atom is -0.462 e. The topological polar surface area (TPSA) is 94.5 Å². The highest BCUT2D eigenvalue weighted by Crippen LogP contribution is 2.34. The molecule has 0 bridgehead atoms. The van der Waals surface area contributed by atoms with Gasteiger partial charge < -0.3 is 20.1 Å². The molecule has 0 aliphatic carbocycles. The number of ether oxygens (including phenoxy) is 2. The second kappa shape index (κ2) is 11.7. The Morgan fingerprint density at radius 2 is 1.85 bits per heavy atom. The van der Waals surface area contributed by atoms with Gasteiger partial charge in [0.15, 0.2) is 5.11 Å². The monoisotopic (exact) mass is 540 g/mol. The average molecular weight is 541 g/mol. The summed E-state index contributed by atoms with van der Waals surface area (Å²) in [5.74, 6) is -1.06. The molecule has 2 aromatic heterocycles. The van der Waals surface area contributed by atoms with Crippen LogP contribution in [0.4, 0.5) is 10.7 Å². The third-order valence-corrected chi connectivity index (χ3v) is 6.53. The number of aromatic nitrogens is 2.